The normalized spacial score (nSPS) is 14.1. The minimum absolute atomic E-state index is 0.0101. The molecule has 2 heterocycles. The number of alkyl halides is 3. The maximum absolute atomic E-state index is 14.0. The minimum atomic E-state index is -4.62. The van der Waals surface area contributed by atoms with Crippen molar-refractivity contribution in [2.24, 2.45) is 0 Å². The number of imidazole rings is 1. The lowest BCUT2D eigenvalue weighted by atomic mass is 10.0. The SMILES string of the molecule is Cc1c(-c2ccnn2-c2ccc(C#N)cc2CC[N+](C)(C)C)n(C(=O)NC2CCCC2)c(=O)n1-c1cccc(C(F)(F)F)c1. The van der Waals surface area contributed by atoms with Gasteiger partial charge in [-0.05, 0) is 67.8 Å². The standard InChI is InChI=1S/C32H34F3N7O2/c1-21-29(28-14-16-37-41(28)27-13-12-22(20-36)18-23(27)15-17-42(2,3)4)40(30(43)38-25-9-5-6-10-25)31(44)39(21)26-11-7-8-24(19-26)32(33,34)35/h7-8,11-14,16,18-19,25H,5-6,9-10,15,17H2,1-4H3/p+1. The zero-order chi connectivity index (χ0) is 31.8. The molecule has 0 atom stereocenters. The van der Waals surface area contributed by atoms with Crippen molar-refractivity contribution in [1.82, 2.24) is 24.2 Å². The second kappa shape index (κ2) is 11.8. The average Bonchev–Trinajstić information content (AvgIpc) is 3.70. The van der Waals surface area contributed by atoms with Gasteiger partial charge in [-0.2, -0.15) is 23.5 Å². The molecule has 1 fully saturated rings. The predicted molar refractivity (Wildman–Crippen MR) is 160 cm³/mol. The molecule has 0 unspecified atom stereocenters. The van der Waals surface area contributed by atoms with E-state index in [0.717, 1.165) is 59.1 Å². The van der Waals surface area contributed by atoms with Crippen molar-refractivity contribution < 1.29 is 22.4 Å². The summed E-state index contributed by atoms with van der Waals surface area (Å²) >= 11 is 0. The molecule has 0 spiro atoms. The number of hydrogen-bond acceptors (Lipinski definition) is 4. The Morgan fingerprint density at radius 2 is 1.84 bits per heavy atom. The first-order chi connectivity index (χ1) is 20.8. The van der Waals surface area contributed by atoms with Gasteiger partial charge in [0.1, 0.15) is 5.69 Å². The van der Waals surface area contributed by atoms with Crippen LogP contribution in [0.3, 0.4) is 0 Å². The molecule has 0 saturated heterocycles. The number of benzene rings is 2. The Hall–Kier alpha value is -4.63. The number of hydrogen-bond donors (Lipinski definition) is 1. The first kappa shape index (κ1) is 30.8. The number of carbonyl (C=O) groups is 1. The van der Waals surface area contributed by atoms with Crippen molar-refractivity contribution in [1.29, 1.82) is 5.26 Å². The Kier molecular flexibility index (Phi) is 8.27. The number of quaternary nitrogens is 1. The van der Waals surface area contributed by atoms with Crippen LogP contribution in [-0.2, 0) is 12.6 Å². The van der Waals surface area contributed by atoms with Gasteiger partial charge >= 0.3 is 17.9 Å². The van der Waals surface area contributed by atoms with Crippen molar-refractivity contribution in [2.75, 3.05) is 27.7 Å². The Balaban J connectivity index is 1.71. The topological polar surface area (TPSA) is 97.6 Å². The van der Waals surface area contributed by atoms with Crippen molar-refractivity contribution in [3.8, 4) is 28.8 Å². The van der Waals surface area contributed by atoms with Crippen LogP contribution in [0.5, 0.6) is 0 Å². The van der Waals surface area contributed by atoms with Crippen molar-refractivity contribution >= 4 is 6.03 Å². The molecule has 44 heavy (non-hydrogen) atoms. The van der Waals surface area contributed by atoms with E-state index in [1.807, 2.05) is 0 Å². The quantitative estimate of drug-likeness (QED) is 0.284. The zero-order valence-corrected chi connectivity index (χ0v) is 25.1. The monoisotopic (exact) mass is 606 g/mol. The van der Waals surface area contributed by atoms with E-state index in [9.17, 15) is 28.0 Å². The number of nitrogens with one attached hydrogen (secondary N) is 1. The van der Waals surface area contributed by atoms with Gasteiger partial charge in [0.25, 0.3) is 0 Å². The molecule has 12 heteroatoms. The van der Waals surface area contributed by atoms with E-state index in [1.54, 1.807) is 42.1 Å². The molecule has 2 aromatic carbocycles. The number of nitriles is 1. The van der Waals surface area contributed by atoms with Crippen molar-refractivity contribution in [2.45, 2.75) is 51.2 Å². The van der Waals surface area contributed by atoms with E-state index in [0.29, 0.717) is 27.8 Å². The maximum atomic E-state index is 14.0. The third-order valence-electron chi connectivity index (χ3n) is 7.98. The highest BCUT2D eigenvalue weighted by molar-refractivity contribution is 5.83. The van der Waals surface area contributed by atoms with Crippen LogP contribution < -0.4 is 11.0 Å². The number of halogens is 3. The molecule has 9 nitrogen and oxygen atoms in total. The predicted octanol–water partition coefficient (Wildman–Crippen LogP) is 5.44. The van der Waals surface area contributed by atoms with Crippen LogP contribution in [0.2, 0.25) is 0 Å². The average molecular weight is 607 g/mol. The second-order valence-electron chi connectivity index (χ2n) is 12.2. The number of nitrogens with zero attached hydrogens (tertiary/aromatic N) is 6. The summed E-state index contributed by atoms with van der Waals surface area (Å²) < 4.78 is 45.3. The van der Waals surface area contributed by atoms with E-state index < -0.39 is 23.5 Å². The van der Waals surface area contributed by atoms with Crippen LogP contribution in [0.4, 0.5) is 18.0 Å². The first-order valence-electron chi connectivity index (χ1n) is 14.5. The van der Waals surface area contributed by atoms with Gasteiger partial charge in [0.05, 0.1) is 73.8 Å². The van der Waals surface area contributed by atoms with Crippen LogP contribution in [0.1, 0.15) is 48.1 Å². The van der Waals surface area contributed by atoms with Gasteiger partial charge in [-0.3, -0.25) is 4.57 Å². The highest BCUT2D eigenvalue weighted by Gasteiger charge is 2.32. The Bertz CT molecular complexity index is 1800. The summed E-state index contributed by atoms with van der Waals surface area (Å²) in [6.45, 7) is 2.36. The summed E-state index contributed by atoms with van der Waals surface area (Å²) in [6.07, 6.45) is 1.02. The largest absolute Gasteiger partial charge is 0.416 e. The van der Waals surface area contributed by atoms with Gasteiger partial charge in [0, 0.05) is 12.5 Å². The highest BCUT2D eigenvalue weighted by atomic mass is 19.4. The van der Waals surface area contributed by atoms with Crippen LogP contribution >= 0.6 is 0 Å². The Morgan fingerprint density at radius 3 is 2.50 bits per heavy atom. The lowest BCUT2D eigenvalue weighted by Crippen LogP contribution is -2.41. The first-order valence-corrected chi connectivity index (χ1v) is 14.5. The minimum Gasteiger partial charge on any atom is -0.335 e. The molecule has 0 aliphatic heterocycles. The van der Waals surface area contributed by atoms with Crippen LogP contribution in [-0.4, -0.2) is 63.2 Å². The Morgan fingerprint density at radius 1 is 1.11 bits per heavy atom. The van der Waals surface area contributed by atoms with Gasteiger partial charge in [0.15, 0.2) is 0 Å². The fourth-order valence-electron chi connectivity index (χ4n) is 5.72. The molecule has 1 saturated carbocycles. The summed E-state index contributed by atoms with van der Waals surface area (Å²) in [5.74, 6) is 0. The molecule has 2 aromatic heterocycles. The van der Waals surface area contributed by atoms with Gasteiger partial charge in [-0.1, -0.05) is 18.9 Å². The second-order valence-corrected chi connectivity index (χ2v) is 12.2. The molecule has 1 amide bonds. The molecule has 4 aromatic rings. The van der Waals surface area contributed by atoms with Crippen molar-refractivity contribution in [3.05, 3.63) is 87.6 Å². The molecule has 1 aliphatic rings. The molecular weight excluding hydrogens is 571 g/mol. The number of carbonyl (C=O) groups excluding carboxylic acids is 1. The van der Waals surface area contributed by atoms with Crippen LogP contribution in [0, 0.1) is 18.3 Å². The molecule has 230 valence electrons. The highest BCUT2D eigenvalue weighted by Crippen LogP contribution is 2.32. The number of aromatic nitrogens is 4. The zero-order valence-electron chi connectivity index (χ0n) is 25.1. The van der Waals surface area contributed by atoms with Gasteiger partial charge in [-0.15, -0.1) is 0 Å². The summed E-state index contributed by atoms with van der Waals surface area (Å²) in [5.41, 5.74) is 1.19. The van der Waals surface area contributed by atoms with E-state index >= 15 is 0 Å². The molecule has 1 N–H and O–H groups in total. The molecular formula is C32H35F3N7O2+. The smallest absolute Gasteiger partial charge is 0.335 e. The lowest BCUT2D eigenvalue weighted by Gasteiger charge is -2.24. The Labute approximate surface area is 253 Å². The van der Waals surface area contributed by atoms with Crippen molar-refractivity contribution in [3.63, 3.8) is 0 Å². The maximum Gasteiger partial charge on any atom is 0.416 e. The number of amides is 1. The van der Waals surface area contributed by atoms with Crippen LogP contribution in [0.25, 0.3) is 22.8 Å². The fraction of sp³-hybridized carbons (Fsp3) is 0.375. The molecule has 5 rings (SSSR count). The van der Waals surface area contributed by atoms with E-state index in [1.165, 1.54) is 12.1 Å². The third kappa shape index (κ3) is 6.19. The summed E-state index contributed by atoms with van der Waals surface area (Å²) in [6, 6.07) is 12.8. The molecule has 1 aliphatic carbocycles. The van der Waals surface area contributed by atoms with E-state index in [4.69, 9.17) is 0 Å². The lowest BCUT2D eigenvalue weighted by molar-refractivity contribution is -0.870. The molecule has 0 radical (unpaired) electrons. The summed E-state index contributed by atoms with van der Waals surface area (Å²) in [5, 5.41) is 17.1. The third-order valence-corrected chi connectivity index (χ3v) is 7.98. The van der Waals surface area contributed by atoms with E-state index in [2.05, 4.69) is 37.6 Å². The summed E-state index contributed by atoms with van der Waals surface area (Å²) in [4.78, 5) is 27.8. The van der Waals surface area contributed by atoms with E-state index in [-0.39, 0.29) is 23.1 Å². The van der Waals surface area contributed by atoms with Gasteiger partial charge in [-0.25, -0.2) is 18.8 Å². The fourth-order valence-corrected chi connectivity index (χ4v) is 5.72. The van der Waals surface area contributed by atoms with Crippen LogP contribution in [0.15, 0.2) is 59.5 Å². The number of rotatable bonds is 7. The summed E-state index contributed by atoms with van der Waals surface area (Å²) in [7, 11) is 6.19. The molecule has 0 bridgehead atoms. The number of likely N-dealkylation sites (N-methyl/N-ethyl adjacent to an activating group) is 1. The van der Waals surface area contributed by atoms with Gasteiger partial charge in [0.2, 0.25) is 0 Å². The van der Waals surface area contributed by atoms with Gasteiger partial charge < -0.3 is 9.80 Å².